The van der Waals surface area contributed by atoms with E-state index in [1.807, 2.05) is 51.1 Å². The highest BCUT2D eigenvalue weighted by Crippen LogP contribution is 2.42. The van der Waals surface area contributed by atoms with E-state index in [4.69, 9.17) is 4.74 Å². The van der Waals surface area contributed by atoms with Crippen LogP contribution in [0.5, 0.6) is 0 Å². The van der Waals surface area contributed by atoms with E-state index in [1.165, 1.54) is 6.92 Å². The molecule has 2 aromatic rings. The van der Waals surface area contributed by atoms with Gasteiger partial charge in [0, 0.05) is 17.9 Å². The molecule has 0 saturated heterocycles. The molecule has 0 fully saturated rings. The molecule has 3 atom stereocenters. The van der Waals surface area contributed by atoms with Crippen molar-refractivity contribution in [1.82, 2.24) is 0 Å². The number of ketones is 3. The minimum atomic E-state index is -0.361. The number of carbonyl (C=O) groups is 4. The van der Waals surface area contributed by atoms with Crippen molar-refractivity contribution in [2.75, 3.05) is 6.61 Å². The van der Waals surface area contributed by atoms with E-state index in [9.17, 15) is 19.2 Å². The Labute approximate surface area is 219 Å². The lowest BCUT2D eigenvalue weighted by Gasteiger charge is -2.35. The Kier molecular flexibility index (Phi) is 7.91. The second-order valence-corrected chi connectivity index (χ2v) is 10.6. The van der Waals surface area contributed by atoms with Crippen LogP contribution in [0.4, 0.5) is 0 Å². The van der Waals surface area contributed by atoms with Crippen LogP contribution in [0, 0.1) is 24.7 Å². The van der Waals surface area contributed by atoms with Gasteiger partial charge in [0.15, 0.2) is 17.3 Å². The van der Waals surface area contributed by atoms with E-state index in [0.717, 1.165) is 52.7 Å². The predicted molar refractivity (Wildman–Crippen MR) is 144 cm³/mol. The summed E-state index contributed by atoms with van der Waals surface area (Å²) in [4.78, 5) is 51.0. The average Bonchev–Trinajstić information content (AvgIpc) is 2.84. The fraction of sp³-hybridized carbons (Fsp3) is 0.438. The number of Topliss-reactive ketones (excluding diaryl/α,β-unsaturated/α-hetero) is 3. The maximum absolute atomic E-state index is 13.4. The van der Waals surface area contributed by atoms with Gasteiger partial charge in [-0.05, 0) is 99.6 Å². The van der Waals surface area contributed by atoms with Crippen molar-refractivity contribution in [3.63, 3.8) is 0 Å². The molecule has 0 bridgehead atoms. The summed E-state index contributed by atoms with van der Waals surface area (Å²) in [6, 6.07) is 11.4. The molecule has 0 heterocycles. The molecule has 2 aromatic carbocycles. The molecule has 0 N–H and O–H groups in total. The van der Waals surface area contributed by atoms with Crippen molar-refractivity contribution < 1.29 is 23.9 Å². The van der Waals surface area contributed by atoms with Gasteiger partial charge in [-0.15, -0.1) is 0 Å². The highest BCUT2D eigenvalue weighted by Gasteiger charge is 2.39. The summed E-state index contributed by atoms with van der Waals surface area (Å²) in [6.07, 6.45) is 3.39. The molecule has 2 aliphatic carbocycles. The van der Waals surface area contributed by atoms with Crippen molar-refractivity contribution in [1.29, 1.82) is 0 Å². The van der Waals surface area contributed by atoms with Crippen LogP contribution in [0.25, 0.3) is 11.1 Å². The lowest BCUT2D eigenvalue weighted by Crippen LogP contribution is -2.35. The smallest absolute Gasteiger partial charge is 0.338 e. The van der Waals surface area contributed by atoms with Gasteiger partial charge in [0.05, 0.1) is 17.7 Å². The molecule has 37 heavy (non-hydrogen) atoms. The zero-order valence-corrected chi connectivity index (χ0v) is 22.5. The highest BCUT2D eigenvalue weighted by atomic mass is 16.5. The maximum atomic E-state index is 13.4. The van der Waals surface area contributed by atoms with Crippen molar-refractivity contribution in [3.05, 3.63) is 69.8 Å². The number of aryl methyl sites for hydroxylation is 1. The van der Waals surface area contributed by atoms with Gasteiger partial charge < -0.3 is 4.74 Å². The van der Waals surface area contributed by atoms with Gasteiger partial charge in [0.2, 0.25) is 0 Å². The maximum Gasteiger partial charge on any atom is 0.338 e. The standard InChI is InChI=1S/C32H36O5/c1-6-25-24(13-19(4)29(20(5)33)31(25)35)14-21-15-27-26(12-11-18(3)30(27)28(34)16-21)22-9-8-10-23(17-22)32(36)37-7-2/h8-12,17,21,24-25H,6-7,13-16H2,1-5H3. The van der Waals surface area contributed by atoms with Gasteiger partial charge in [0.1, 0.15) is 0 Å². The van der Waals surface area contributed by atoms with Crippen LogP contribution in [-0.2, 0) is 20.7 Å². The van der Waals surface area contributed by atoms with Crippen molar-refractivity contribution in [2.24, 2.45) is 17.8 Å². The molecule has 0 aromatic heterocycles. The van der Waals surface area contributed by atoms with Crippen molar-refractivity contribution in [2.45, 2.75) is 66.7 Å². The molecule has 3 unspecified atom stereocenters. The first-order chi connectivity index (χ1) is 17.7. The third kappa shape index (κ3) is 5.22. The molecule has 0 amide bonds. The average molecular weight is 501 g/mol. The third-order valence-corrected chi connectivity index (χ3v) is 8.03. The van der Waals surface area contributed by atoms with E-state index in [0.29, 0.717) is 30.6 Å². The van der Waals surface area contributed by atoms with Crippen LogP contribution < -0.4 is 0 Å². The lowest BCUT2D eigenvalue weighted by atomic mass is 9.67. The van der Waals surface area contributed by atoms with E-state index in [2.05, 4.69) is 0 Å². The second-order valence-electron chi connectivity index (χ2n) is 10.6. The molecule has 5 nitrogen and oxygen atoms in total. The number of hydrogen-bond donors (Lipinski definition) is 0. The fourth-order valence-corrected chi connectivity index (χ4v) is 6.47. The van der Waals surface area contributed by atoms with Crippen LogP contribution in [0.3, 0.4) is 0 Å². The van der Waals surface area contributed by atoms with Crippen LogP contribution >= 0.6 is 0 Å². The molecular formula is C32H36O5. The molecule has 2 aliphatic rings. The molecular weight excluding hydrogens is 464 g/mol. The van der Waals surface area contributed by atoms with E-state index >= 15 is 0 Å². The number of rotatable bonds is 7. The summed E-state index contributed by atoms with van der Waals surface area (Å²) in [5.41, 5.74) is 6.38. The molecule has 194 valence electrons. The number of fused-ring (bicyclic) bond motifs is 1. The van der Waals surface area contributed by atoms with Crippen LogP contribution in [0.2, 0.25) is 0 Å². The van der Waals surface area contributed by atoms with Crippen LogP contribution in [0.1, 0.15) is 85.2 Å². The van der Waals surface area contributed by atoms with Crippen molar-refractivity contribution >= 4 is 23.3 Å². The first-order valence-corrected chi connectivity index (χ1v) is 13.3. The van der Waals surface area contributed by atoms with Gasteiger partial charge in [-0.25, -0.2) is 4.79 Å². The Morgan fingerprint density at radius 3 is 2.43 bits per heavy atom. The molecule has 0 spiro atoms. The lowest BCUT2D eigenvalue weighted by molar-refractivity contribution is -0.125. The summed E-state index contributed by atoms with van der Waals surface area (Å²) in [6.45, 7) is 9.44. The summed E-state index contributed by atoms with van der Waals surface area (Å²) >= 11 is 0. The van der Waals surface area contributed by atoms with E-state index in [1.54, 1.807) is 13.0 Å². The molecule has 4 rings (SSSR count). The van der Waals surface area contributed by atoms with Crippen LogP contribution in [-0.4, -0.2) is 29.9 Å². The van der Waals surface area contributed by atoms with E-state index < -0.39 is 0 Å². The number of benzene rings is 2. The Balaban J connectivity index is 1.67. The molecule has 0 radical (unpaired) electrons. The molecule has 0 saturated carbocycles. The minimum absolute atomic E-state index is 0.0291. The minimum Gasteiger partial charge on any atom is -0.462 e. The Morgan fingerprint density at radius 1 is 1.00 bits per heavy atom. The monoisotopic (exact) mass is 500 g/mol. The fourth-order valence-electron chi connectivity index (χ4n) is 6.47. The number of allylic oxidation sites excluding steroid dienone is 2. The SMILES string of the molecule is CCOC(=O)c1cccc(-c2ccc(C)c3c2CC(CC2CC(C)=C(C(C)=O)C(=O)C2CC)CC3=O)c1. The Bertz CT molecular complexity index is 1300. The number of ether oxygens (including phenoxy) is 1. The second kappa shape index (κ2) is 11.0. The number of carbonyl (C=O) groups excluding carboxylic acids is 4. The van der Waals surface area contributed by atoms with Crippen molar-refractivity contribution in [3.8, 4) is 11.1 Å². The largest absolute Gasteiger partial charge is 0.462 e. The first-order valence-electron chi connectivity index (χ1n) is 13.3. The third-order valence-electron chi connectivity index (χ3n) is 8.03. The van der Waals surface area contributed by atoms with Gasteiger partial charge >= 0.3 is 5.97 Å². The van der Waals surface area contributed by atoms with Gasteiger partial charge in [-0.3, -0.25) is 14.4 Å². The van der Waals surface area contributed by atoms with Gasteiger partial charge in [-0.1, -0.05) is 36.8 Å². The predicted octanol–water partition coefficient (Wildman–Crippen LogP) is 6.49. The molecule has 5 heteroatoms. The zero-order valence-electron chi connectivity index (χ0n) is 22.5. The summed E-state index contributed by atoms with van der Waals surface area (Å²) in [5.74, 6) is -0.339. The highest BCUT2D eigenvalue weighted by molar-refractivity contribution is 6.21. The number of esters is 1. The van der Waals surface area contributed by atoms with Gasteiger partial charge in [-0.2, -0.15) is 0 Å². The number of hydrogen-bond acceptors (Lipinski definition) is 5. The van der Waals surface area contributed by atoms with E-state index in [-0.39, 0.29) is 41.1 Å². The molecule has 0 aliphatic heterocycles. The Morgan fingerprint density at radius 2 is 1.76 bits per heavy atom. The van der Waals surface area contributed by atoms with Gasteiger partial charge in [0.25, 0.3) is 0 Å². The quantitative estimate of drug-likeness (QED) is 0.321. The normalized spacial score (nSPS) is 21.6. The Hall–Kier alpha value is -3.34. The van der Waals surface area contributed by atoms with Crippen LogP contribution in [0.15, 0.2) is 47.5 Å². The summed E-state index contributed by atoms with van der Waals surface area (Å²) in [5, 5.41) is 0. The first kappa shape index (κ1) is 26.7. The summed E-state index contributed by atoms with van der Waals surface area (Å²) < 4.78 is 5.18. The topological polar surface area (TPSA) is 77.5 Å². The zero-order chi connectivity index (χ0) is 26.9. The summed E-state index contributed by atoms with van der Waals surface area (Å²) in [7, 11) is 0.